The summed E-state index contributed by atoms with van der Waals surface area (Å²) in [6.45, 7) is 0.244. The molecule has 2 rings (SSSR count). The van der Waals surface area contributed by atoms with Crippen LogP contribution in [0.25, 0.3) is 0 Å². The van der Waals surface area contributed by atoms with Crippen LogP contribution in [0.3, 0.4) is 0 Å². The molecule has 0 fully saturated rings. The van der Waals surface area contributed by atoms with E-state index in [0.29, 0.717) is 5.75 Å². The normalized spacial score (nSPS) is 12.4. The van der Waals surface area contributed by atoms with E-state index in [4.69, 9.17) is 4.74 Å². The van der Waals surface area contributed by atoms with Crippen LogP contribution in [0, 0.1) is 0 Å². The Morgan fingerprint density at radius 1 is 1.47 bits per heavy atom. The van der Waals surface area contributed by atoms with E-state index in [9.17, 15) is 5.11 Å². The van der Waals surface area contributed by atoms with Crippen molar-refractivity contribution in [2.45, 2.75) is 11.3 Å². The van der Waals surface area contributed by atoms with Gasteiger partial charge in [0.1, 0.15) is 18.7 Å². The van der Waals surface area contributed by atoms with Crippen LogP contribution >= 0.6 is 27.7 Å². The quantitative estimate of drug-likeness (QED) is 0.814. The maximum atomic E-state index is 9.87. The van der Waals surface area contributed by atoms with Gasteiger partial charge in [-0.05, 0) is 28.1 Å². The topological polar surface area (TPSA) is 60.2 Å². The number of hydrogen-bond acceptors (Lipinski definition) is 5. The second kappa shape index (κ2) is 6.93. The highest BCUT2D eigenvalue weighted by molar-refractivity contribution is 9.10. The SMILES string of the molecule is Cn1cnnc1SCC(O)COc1ccccc1Br. The average Bonchev–Trinajstić information content (AvgIpc) is 2.81. The Bertz CT molecular complexity index is 535. The summed E-state index contributed by atoms with van der Waals surface area (Å²) in [4.78, 5) is 0. The smallest absolute Gasteiger partial charge is 0.190 e. The average molecular weight is 344 g/mol. The van der Waals surface area contributed by atoms with Crippen molar-refractivity contribution in [1.29, 1.82) is 0 Å². The number of benzene rings is 1. The fourth-order valence-corrected chi connectivity index (χ4v) is 2.56. The van der Waals surface area contributed by atoms with Crippen LogP contribution in [0.2, 0.25) is 0 Å². The molecule has 102 valence electrons. The van der Waals surface area contributed by atoms with Crippen LogP contribution in [0.1, 0.15) is 0 Å². The molecule has 0 bridgehead atoms. The lowest BCUT2D eigenvalue weighted by Crippen LogP contribution is -2.20. The van der Waals surface area contributed by atoms with Gasteiger partial charge in [-0.2, -0.15) is 0 Å². The van der Waals surface area contributed by atoms with Gasteiger partial charge in [-0.3, -0.25) is 0 Å². The number of rotatable bonds is 6. The van der Waals surface area contributed by atoms with Gasteiger partial charge in [0.2, 0.25) is 0 Å². The Morgan fingerprint density at radius 3 is 2.95 bits per heavy atom. The number of halogens is 1. The van der Waals surface area contributed by atoms with Crippen LogP contribution in [-0.4, -0.2) is 38.3 Å². The number of aromatic nitrogens is 3. The second-order valence-corrected chi connectivity index (χ2v) is 5.77. The number of ether oxygens (including phenoxy) is 1. The lowest BCUT2D eigenvalue weighted by atomic mass is 10.3. The molecular formula is C12H14BrN3O2S. The summed E-state index contributed by atoms with van der Waals surface area (Å²) in [6.07, 6.45) is 1.07. The first kappa shape index (κ1) is 14.4. The van der Waals surface area contributed by atoms with E-state index in [0.717, 1.165) is 15.4 Å². The molecule has 2 aromatic rings. The van der Waals surface area contributed by atoms with Crippen LogP contribution in [0.15, 0.2) is 40.2 Å². The fraction of sp³-hybridized carbons (Fsp3) is 0.333. The summed E-state index contributed by atoms with van der Waals surface area (Å²) in [5.41, 5.74) is 0. The van der Waals surface area contributed by atoms with E-state index < -0.39 is 6.10 Å². The highest BCUT2D eigenvalue weighted by atomic mass is 79.9. The molecule has 0 aliphatic heterocycles. The number of thioether (sulfide) groups is 1. The Labute approximate surface area is 124 Å². The predicted octanol–water partition coefficient (Wildman–Crippen LogP) is 2.11. The number of hydrogen-bond donors (Lipinski definition) is 1. The molecule has 0 amide bonds. The highest BCUT2D eigenvalue weighted by Gasteiger charge is 2.10. The number of aryl methyl sites for hydroxylation is 1. The molecule has 1 aromatic carbocycles. The van der Waals surface area contributed by atoms with Crippen molar-refractivity contribution in [2.75, 3.05) is 12.4 Å². The van der Waals surface area contributed by atoms with E-state index >= 15 is 0 Å². The van der Waals surface area contributed by atoms with E-state index in [-0.39, 0.29) is 6.61 Å². The molecule has 7 heteroatoms. The first-order valence-electron chi connectivity index (χ1n) is 5.69. The molecular weight excluding hydrogens is 330 g/mol. The van der Waals surface area contributed by atoms with Gasteiger partial charge >= 0.3 is 0 Å². The molecule has 0 saturated heterocycles. The van der Waals surface area contributed by atoms with E-state index in [1.165, 1.54) is 11.8 Å². The fourth-order valence-electron chi connectivity index (χ4n) is 1.37. The predicted molar refractivity (Wildman–Crippen MR) is 77.4 cm³/mol. The monoisotopic (exact) mass is 343 g/mol. The van der Waals surface area contributed by atoms with Gasteiger partial charge in [-0.15, -0.1) is 10.2 Å². The van der Waals surface area contributed by atoms with Crippen molar-refractivity contribution >= 4 is 27.7 Å². The summed E-state index contributed by atoms with van der Waals surface area (Å²) in [7, 11) is 1.87. The van der Waals surface area contributed by atoms with Gasteiger partial charge in [-0.1, -0.05) is 23.9 Å². The molecule has 1 heterocycles. The molecule has 0 saturated carbocycles. The van der Waals surface area contributed by atoms with Crippen molar-refractivity contribution in [3.8, 4) is 5.75 Å². The van der Waals surface area contributed by atoms with Crippen molar-refractivity contribution < 1.29 is 9.84 Å². The third kappa shape index (κ3) is 4.22. The van der Waals surface area contributed by atoms with E-state index in [1.807, 2.05) is 35.9 Å². The summed E-state index contributed by atoms with van der Waals surface area (Å²) in [5, 5.41) is 18.4. The number of aliphatic hydroxyl groups excluding tert-OH is 1. The number of para-hydroxylation sites is 1. The zero-order chi connectivity index (χ0) is 13.7. The van der Waals surface area contributed by atoms with E-state index in [1.54, 1.807) is 6.33 Å². The number of aliphatic hydroxyl groups is 1. The van der Waals surface area contributed by atoms with Gasteiger partial charge in [0.15, 0.2) is 5.16 Å². The molecule has 19 heavy (non-hydrogen) atoms. The van der Waals surface area contributed by atoms with Crippen molar-refractivity contribution in [2.24, 2.45) is 7.05 Å². The molecule has 1 aromatic heterocycles. The maximum absolute atomic E-state index is 9.87. The second-order valence-electron chi connectivity index (χ2n) is 3.93. The first-order chi connectivity index (χ1) is 9.16. The van der Waals surface area contributed by atoms with Crippen LogP contribution in [-0.2, 0) is 7.05 Å². The van der Waals surface area contributed by atoms with E-state index in [2.05, 4.69) is 26.1 Å². The third-order valence-electron chi connectivity index (χ3n) is 2.34. The standard InChI is InChI=1S/C12H14BrN3O2S/c1-16-8-14-15-12(16)19-7-9(17)6-18-11-5-3-2-4-10(11)13/h2-5,8-9,17H,6-7H2,1H3. The van der Waals surface area contributed by atoms with Crippen molar-refractivity contribution in [3.63, 3.8) is 0 Å². The Hall–Kier alpha value is -1.05. The summed E-state index contributed by atoms with van der Waals surface area (Å²) >= 11 is 4.84. The molecule has 1 N–H and O–H groups in total. The highest BCUT2D eigenvalue weighted by Crippen LogP contribution is 2.24. The molecule has 0 aliphatic carbocycles. The minimum absolute atomic E-state index is 0.244. The van der Waals surface area contributed by atoms with Gasteiger partial charge in [0, 0.05) is 12.8 Å². The molecule has 0 spiro atoms. The van der Waals surface area contributed by atoms with Crippen molar-refractivity contribution in [1.82, 2.24) is 14.8 Å². The summed E-state index contributed by atoms with van der Waals surface area (Å²) in [6, 6.07) is 7.56. The molecule has 5 nitrogen and oxygen atoms in total. The maximum Gasteiger partial charge on any atom is 0.190 e. The Balaban J connectivity index is 1.77. The molecule has 1 unspecified atom stereocenters. The minimum Gasteiger partial charge on any atom is -0.490 e. The first-order valence-corrected chi connectivity index (χ1v) is 7.47. The molecule has 0 aliphatic rings. The van der Waals surface area contributed by atoms with Gasteiger partial charge < -0.3 is 14.4 Å². The third-order valence-corrected chi connectivity index (χ3v) is 4.18. The minimum atomic E-state index is -0.561. The van der Waals surface area contributed by atoms with Crippen LogP contribution in [0.4, 0.5) is 0 Å². The van der Waals surface area contributed by atoms with Crippen molar-refractivity contribution in [3.05, 3.63) is 35.1 Å². The zero-order valence-corrected chi connectivity index (χ0v) is 12.8. The molecule has 1 atom stereocenters. The van der Waals surface area contributed by atoms with Crippen LogP contribution in [0.5, 0.6) is 5.75 Å². The van der Waals surface area contributed by atoms with Gasteiger partial charge in [-0.25, -0.2) is 0 Å². The molecule has 0 radical (unpaired) electrons. The Morgan fingerprint density at radius 2 is 2.26 bits per heavy atom. The summed E-state index contributed by atoms with van der Waals surface area (Å²) in [5.74, 6) is 1.24. The number of nitrogens with zero attached hydrogens (tertiary/aromatic N) is 3. The lowest BCUT2D eigenvalue weighted by molar-refractivity contribution is 0.126. The zero-order valence-electron chi connectivity index (χ0n) is 10.4. The summed E-state index contributed by atoms with van der Waals surface area (Å²) < 4.78 is 8.24. The Kier molecular flexibility index (Phi) is 5.24. The van der Waals surface area contributed by atoms with Gasteiger partial charge in [0.25, 0.3) is 0 Å². The lowest BCUT2D eigenvalue weighted by Gasteiger charge is -2.12. The van der Waals surface area contributed by atoms with Gasteiger partial charge in [0.05, 0.1) is 10.6 Å². The largest absolute Gasteiger partial charge is 0.490 e. The van der Waals surface area contributed by atoms with Crippen LogP contribution < -0.4 is 4.74 Å².